The molecule has 2 aromatic rings. The molecule has 10 heteroatoms. The maximum absolute atomic E-state index is 12.9. The third-order valence-corrected chi connectivity index (χ3v) is 4.64. The van der Waals surface area contributed by atoms with Crippen molar-refractivity contribution in [1.82, 2.24) is 0 Å². The molecular formula is C17H10F3N2O4S-. The zero-order valence-corrected chi connectivity index (χ0v) is 14.1. The van der Waals surface area contributed by atoms with Crippen LogP contribution < -0.4 is 15.3 Å². The lowest BCUT2D eigenvalue weighted by Gasteiger charge is -2.16. The quantitative estimate of drug-likeness (QED) is 0.856. The number of carboxylic acid groups (broad SMARTS) is 1. The van der Waals surface area contributed by atoms with Gasteiger partial charge in [0.05, 0.1) is 17.2 Å². The van der Waals surface area contributed by atoms with Crippen LogP contribution in [0.5, 0.6) is 0 Å². The summed E-state index contributed by atoms with van der Waals surface area (Å²) >= 11 is 0.612. The van der Waals surface area contributed by atoms with Crippen LogP contribution in [0.2, 0.25) is 0 Å². The highest BCUT2D eigenvalue weighted by Gasteiger charge is 2.41. The minimum atomic E-state index is -4.60. The SMILES string of the molecule is O=C([O-])c1ccc(N[C@H]2SC(=O)N(c3cccc(C(F)(F)F)c3)C2=O)cc1. The van der Waals surface area contributed by atoms with Crippen molar-refractivity contribution in [2.24, 2.45) is 0 Å². The van der Waals surface area contributed by atoms with Crippen molar-refractivity contribution in [2.45, 2.75) is 11.6 Å². The summed E-state index contributed by atoms with van der Waals surface area (Å²) in [6.07, 6.45) is -4.60. The number of imide groups is 1. The van der Waals surface area contributed by atoms with Crippen LogP contribution in [0, 0.1) is 0 Å². The highest BCUT2D eigenvalue weighted by molar-refractivity contribution is 8.16. The number of alkyl halides is 3. The fourth-order valence-electron chi connectivity index (χ4n) is 2.41. The third-order valence-electron chi connectivity index (χ3n) is 3.70. The summed E-state index contributed by atoms with van der Waals surface area (Å²) in [6.45, 7) is 0. The Bertz CT molecular complexity index is 915. The molecule has 6 nitrogen and oxygen atoms in total. The van der Waals surface area contributed by atoms with E-state index in [-0.39, 0.29) is 11.3 Å². The Morgan fingerprint density at radius 1 is 1.11 bits per heavy atom. The molecule has 1 saturated heterocycles. The lowest BCUT2D eigenvalue weighted by molar-refractivity contribution is -0.255. The lowest BCUT2D eigenvalue weighted by atomic mass is 10.2. The van der Waals surface area contributed by atoms with Gasteiger partial charge >= 0.3 is 6.18 Å². The first-order valence-corrected chi connectivity index (χ1v) is 8.34. The van der Waals surface area contributed by atoms with Crippen molar-refractivity contribution in [3.63, 3.8) is 0 Å². The molecule has 27 heavy (non-hydrogen) atoms. The molecule has 0 saturated carbocycles. The number of anilines is 2. The summed E-state index contributed by atoms with van der Waals surface area (Å²) < 4.78 is 38.6. The first-order valence-electron chi connectivity index (χ1n) is 7.46. The number of hydrogen-bond donors (Lipinski definition) is 1. The Morgan fingerprint density at radius 2 is 1.78 bits per heavy atom. The Kier molecular flexibility index (Phi) is 4.83. The molecule has 3 rings (SSSR count). The van der Waals surface area contributed by atoms with Gasteiger partial charge in [-0.05, 0) is 47.7 Å². The van der Waals surface area contributed by atoms with Crippen LogP contribution in [0.4, 0.5) is 29.3 Å². The summed E-state index contributed by atoms with van der Waals surface area (Å²) in [4.78, 5) is 36.0. The summed E-state index contributed by atoms with van der Waals surface area (Å²) in [7, 11) is 0. The van der Waals surface area contributed by atoms with Crippen LogP contribution in [-0.2, 0) is 11.0 Å². The van der Waals surface area contributed by atoms with Crippen LogP contribution in [0.1, 0.15) is 15.9 Å². The predicted molar refractivity (Wildman–Crippen MR) is 90.1 cm³/mol. The molecule has 0 radical (unpaired) electrons. The number of halogens is 3. The second kappa shape index (κ2) is 6.95. The molecule has 2 aromatic carbocycles. The average Bonchev–Trinajstić information content (AvgIpc) is 2.88. The van der Waals surface area contributed by atoms with E-state index < -0.39 is 34.2 Å². The molecule has 1 heterocycles. The minimum Gasteiger partial charge on any atom is -0.545 e. The molecule has 0 spiro atoms. The molecule has 0 aromatic heterocycles. The Hall–Kier alpha value is -3.01. The van der Waals surface area contributed by atoms with Gasteiger partial charge in [-0.2, -0.15) is 13.2 Å². The number of carbonyl (C=O) groups is 3. The van der Waals surface area contributed by atoms with Gasteiger partial charge in [0.15, 0.2) is 5.37 Å². The van der Waals surface area contributed by atoms with Gasteiger partial charge in [0.25, 0.3) is 11.1 Å². The molecule has 2 amide bonds. The molecule has 140 valence electrons. The molecule has 0 aliphatic carbocycles. The van der Waals surface area contributed by atoms with Crippen molar-refractivity contribution in [3.05, 3.63) is 59.7 Å². The van der Waals surface area contributed by atoms with E-state index in [0.29, 0.717) is 22.3 Å². The molecule has 1 fully saturated rings. The first kappa shape index (κ1) is 18.8. The van der Waals surface area contributed by atoms with Gasteiger partial charge in [-0.25, -0.2) is 4.90 Å². The predicted octanol–water partition coefficient (Wildman–Crippen LogP) is 2.71. The van der Waals surface area contributed by atoms with E-state index in [9.17, 15) is 32.7 Å². The van der Waals surface area contributed by atoms with Crippen molar-refractivity contribution in [2.75, 3.05) is 10.2 Å². The number of aromatic carboxylic acids is 1. The molecule has 0 unspecified atom stereocenters. The van der Waals surface area contributed by atoms with Crippen molar-refractivity contribution >= 4 is 40.3 Å². The molecule has 0 bridgehead atoms. The van der Waals surface area contributed by atoms with Crippen LogP contribution in [0.3, 0.4) is 0 Å². The topological polar surface area (TPSA) is 89.5 Å². The Balaban J connectivity index is 1.80. The lowest BCUT2D eigenvalue weighted by Crippen LogP contribution is -2.34. The fourth-order valence-corrected chi connectivity index (χ4v) is 3.31. The molecule has 1 aliphatic rings. The van der Waals surface area contributed by atoms with E-state index in [2.05, 4.69) is 5.32 Å². The van der Waals surface area contributed by atoms with Gasteiger partial charge in [0.2, 0.25) is 0 Å². The summed E-state index contributed by atoms with van der Waals surface area (Å²) in [5, 5.41) is 11.7. The largest absolute Gasteiger partial charge is 0.545 e. The monoisotopic (exact) mass is 395 g/mol. The van der Waals surface area contributed by atoms with Gasteiger partial charge in [-0.1, -0.05) is 18.2 Å². The molecular weight excluding hydrogens is 385 g/mol. The van der Waals surface area contributed by atoms with Gasteiger partial charge < -0.3 is 15.2 Å². The number of nitrogens with one attached hydrogen (secondary N) is 1. The highest BCUT2D eigenvalue weighted by Crippen LogP contribution is 2.36. The van der Waals surface area contributed by atoms with Crippen LogP contribution in [0.15, 0.2) is 48.5 Å². The summed E-state index contributed by atoms with van der Waals surface area (Å²) in [5.74, 6) is -2.09. The minimum absolute atomic E-state index is 0.0624. The summed E-state index contributed by atoms with van der Waals surface area (Å²) in [5.41, 5.74) is -0.846. The summed E-state index contributed by atoms with van der Waals surface area (Å²) in [6, 6.07) is 9.21. The maximum Gasteiger partial charge on any atom is 0.416 e. The first-order chi connectivity index (χ1) is 12.7. The number of carboxylic acids is 1. The Labute approximate surface area is 155 Å². The zero-order chi connectivity index (χ0) is 19.8. The molecule has 1 atom stereocenters. The van der Waals surface area contributed by atoms with E-state index in [4.69, 9.17) is 0 Å². The maximum atomic E-state index is 12.9. The fraction of sp³-hybridized carbons (Fsp3) is 0.118. The standard InChI is InChI=1S/C17H11F3N2O4S/c18-17(19,20)10-2-1-3-12(8-10)22-14(23)13(27-16(22)26)21-11-6-4-9(5-7-11)15(24)25/h1-8,13,21H,(H,24,25)/p-1/t13-/m0/s1. The van der Waals surface area contributed by atoms with E-state index in [1.54, 1.807) is 0 Å². The number of carbonyl (C=O) groups excluding carboxylic acids is 3. The Morgan fingerprint density at radius 3 is 2.37 bits per heavy atom. The van der Waals surface area contributed by atoms with Gasteiger partial charge in [0, 0.05) is 5.69 Å². The molecule has 1 N–H and O–H groups in total. The average molecular weight is 395 g/mol. The van der Waals surface area contributed by atoms with Crippen molar-refractivity contribution in [3.8, 4) is 0 Å². The van der Waals surface area contributed by atoms with Crippen LogP contribution in [0.25, 0.3) is 0 Å². The van der Waals surface area contributed by atoms with Crippen LogP contribution in [-0.4, -0.2) is 22.5 Å². The van der Waals surface area contributed by atoms with Gasteiger partial charge in [0.1, 0.15) is 0 Å². The zero-order valence-electron chi connectivity index (χ0n) is 13.3. The normalized spacial score (nSPS) is 17.3. The number of amides is 2. The van der Waals surface area contributed by atoms with E-state index in [1.165, 1.54) is 30.3 Å². The highest BCUT2D eigenvalue weighted by atomic mass is 32.2. The molecule has 1 aliphatic heterocycles. The van der Waals surface area contributed by atoms with Gasteiger partial charge in [-0.15, -0.1) is 0 Å². The second-order valence-corrected chi connectivity index (χ2v) is 6.55. The number of hydrogen-bond acceptors (Lipinski definition) is 6. The number of nitrogens with zero attached hydrogens (tertiary/aromatic N) is 1. The number of benzene rings is 2. The third kappa shape index (κ3) is 3.90. The van der Waals surface area contributed by atoms with E-state index in [0.717, 1.165) is 18.2 Å². The van der Waals surface area contributed by atoms with Gasteiger partial charge in [-0.3, -0.25) is 9.59 Å². The van der Waals surface area contributed by atoms with Crippen molar-refractivity contribution < 1.29 is 32.7 Å². The second-order valence-electron chi connectivity index (χ2n) is 5.49. The van der Waals surface area contributed by atoms with Crippen molar-refractivity contribution in [1.29, 1.82) is 0 Å². The number of rotatable bonds is 4. The van der Waals surface area contributed by atoms with Crippen LogP contribution >= 0.6 is 11.8 Å². The van der Waals surface area contributed by atoms with E-state index >= 15 is 0 Å². The number of thioether (sulfide) groups is 1. The smallest absolute Gasteiger partial charge is 0.416 e. The van der Waals surface area contributed by atoms with E-state index in [1.807, 2.05) is 0 Å².